The van der Waals surface area contributed by atoms with Crippen LogP contribution in [0.5, 0.6) is 0 Å². The van der Waals surface area contributed by atoms with Crippen molar-refractivity contribution in [1.82, 2.24) is 14.8 Å². The summed E-state index contributed by atoms with van der Waals surface area (Å²) in [6, 6.07) is 14.9. The van der Waals surface area contributed by atoms with E-state index in [1.807, 2.05) is 12.1 Å². The first-order valence-corrected chi connectivity index (χ1v) is 15.3. The second kappa shape index (κ2) is 12.2. The summed E-state index contributed by atoms with van der Waals surface area (Å²) in [5.41, 5.74) is 2.08. The van der Waals surface area contributed by atoms with Crippen LogP contribution in [0.1, 0.15) is 45.5 Å². The number of sulfone groups is 1. The number of piperazine rings is 1. The van der Waals surface area contributed by atoms with E-state index in [0.29, 0.717) is 49.9 Å². The summed E-state index contributed by atoms with van der Waals surface area (Å²) in [5.74, 6) is -0.576. The Labute approximate surface area is 239 Å². The minimum Gasteiger partial charge on any atom is -0.368 e. The van der Waals surface area contributed by atoms with Crippen LogP contribution in [0.15, 0.2) is 77.3 Å². The van der Waals surface area contributed by atoms with Gasteiger partial charge in [0.2, 0.25) is 0 Å². The van der Waals surface area contributed by atoms with Crippen LogP contribution in [-0.2, 0) is 9.84 Å². The number of pyridine rings is 1. The first kappa shape index (κ1) is 27.9. The molecule has 0 atom stereocenters. The first-order chi connectivity index (χ1) is 19.3. The van der Waals surface area contributed by atoms with Crippen molar-refractivity contribution >= 4 is 45.0 Å². The molecule has 3 aromatic rings. The second-order valence-corrected chi connectivity index (χ2v) is 12.2. The van der Waals surface area contributed by atoms with E-state index >= 15 is 0 Å². The van der Waals surface area contributed by atoms with Gasteiger partial charge in [-0.3, -0.25) is 14.6 Å². The maximum atomic E-state index is 13.7. The number of aromatic nitrogens is 1. The summed E-state index contributed by atoms with van der Waals surface area (Å²) in [6.07, 6.45) is 7.78. The quantitative estimate of drug-likeness (QED) is 0.418. The molecule has 0 bridgehead atoms. The molecule has 0 spiro atoms. The van der Waals surface area contributed by atoms with Gasteiger partial charge in [0.15, 0.2) is 9.84 Å². The van der Waals surface area contributed by atoms with Crippen LogP contribution in [0, 0.1) is 0 Å². The fraction of sp³-hybridized carbons (Fsp3) is 0.300. The van der Waals surface area contributed by atoms with E-state index < -0.39 is 9.84 Å². The Kier molecular flexibility index (Phi) is 8.52. The summed E-state index contributed by atoms with van der Waals surface area (Å²) in [7, 11) is -3.88. The van der Waals surface area contributed by atoms with Gasteiger partial charge in [0.1, 0.15) is 0 Å². The molecule has 0 saturated carbocycles. The predicted octanol–water partition coefficient (Wildman–Crippen LogP) is 4.77. The van der Waals surface area contributed by atoms with Gasteiger partial charge in [0, 0.05) is 67.8 Å². The number of amides is 2. The molecule has 2 aliphatic rings. The highest BCUT2D eigenvalue weighted by molar-refractivity contribution is 7.94. The number of benzene rings is 2. The maximum Gasteiger partial charge on any atom is 0.254 e. The van der Waals surface area contributed by atoms with E-state index in [9.17, 15) is 18.0 Å². The summed E-state index contributed by atoms with van der Waals surface area (Å²) in [5, 5.41) is 1.67. The van der Waals surface area contributed by atoms with Crippen LogP contribution in [0.4, 0.5) is 5.69 Å². The average Bonchev–Trinajstić information content (AvgIpc) is 3.01. The number of hydrogen-bond acceptors (Lipinski definition) is 6. The zero-order valence-corrected chi connectivity index (χ0v) is 23.7. The van der Waals surface area contributed by atoms with Crippen LogP contribution in [0.2, 0.25) is 5.02 Å². The second-order valence-electron chi connectivity index (χ2n) is 9.94. The number of hydrogen-bond donors (Lipinski definition) is 0. The number of carbonyl (C=O) groups excluding carboxylic acids is 2. The van der Waals surface area contributed by atoms with Crippen LogP contribution < -0.4 is 4.90 Å². The van der Waals surface area contributed by atoms with Gasteiger partial charge >= 0.3 is 0 Å². The maximum absolute atomic E-state index is 13.7. The van der Waals surface area contributed by atoms with Gasteiger partial charge in [-0.25, -0.2) is 8.42 Å². The van der Waals surface area contributed by atoms with Crippen molar-refractivity contribution in [3.63, 3.8) is 0 Å². The standard InChI is InChI=1S/C30H31ClN4O4S/c31-24-6-4-23(5-7-24)12-21-40(38,39)26-8-9-27(28(22-26)30(37)34-15-2-1-3-16-34)29(36)35-19-17-33(18-20-35)25-10-13-32-14-11-25/h4-14,21-22H,1-3,15-20H2. The molecule has 1 aromatic heterocycles. The van der Waals surface area contributed by atoms with E-state index in [1.165, 1.54) is 24.3 Å². The van der Waals surface area contributed by atoms with E-state index in [0.717, 1.165) is 30.4 Å². The van der Waals surface area contributed by atoms with Crippen molar-refractivity contribution in [2.45, 2.75) is 24.2 Å². The first-order valence-electron chi connectivity index (χ1n) is 13.4. The van der Waals surface area contributed by atoms with Crippen LogP contribution >= 0.6 is 11.6 Å². The van der Waals surface area contributed by atoms with Crippen LogP contribution in [0.3, 0.4) is 0 Å². The third kappa shape index (κ3) is 6.37. The number of anilines is 1. The highest BCUT2D eigenvalue weighted by Gasteiger charge is 2.29. The monoisotopic (exact) mass is 578 g/mol. The molecule has 10 heteroatoms. The van der Waals surface area contributed by atoms with E-state index in [2.05, 4.69) is 9.88 Å². The van der Waals surface area contributed by atoms with Gasteiger partial charge in [-0.05, 0) is 73.4 Å². The van der Waals surface area contributed by atoms with Gasteiger partial charge in [-0.2, -0.15) is 0 Å². The minimum atomic E-state index is -3.88. The summed E-state index contributed by atoms with van der Waals surface area (Å²) in [6.45, 7) is 3.44. The molecular weight excluding hydrogens is 548 g/mol. The van der Waals surface area contributed by atoms with Crippen molar-refractivity contribution in [3.8, 4) is 0 Å². The molecule has 208 valence electrons. The Morgan fingerprint density at radius 1 is 0.750 bits per heavy atom. The zero-order valence-electron chi connectivity index (χ0n) is 22.1. The molecule has 3 heterocycles. The Morgan fingerprint density at radius 3 is 2.05 bits per heavy atom. The van der Waals surface area contributed by atoms with E-state index in [1.54, 1.807) is 46.5 Å². The molecule has 0 aliphatic carbocycles. The molecule has 2 fully saturated rings. The highest BCUT2D eigenvalue weighted by atomic mass is 35.5. The lowest BCUT2D eigenvalue weighted by atomic mass is 10.0. The third-order valence-corrected chi connectivity index (χ3v) is 8.99. The number of carbonyl (C=O) groups is 2. The molecule has 2 amide bonds. The fourth-order valence-corrected chi connectivity index (χ4v) is 6.20. The van der Waals surface area contributed by atoms with Gasteiger partial charge in [-0.15, -0.1) is 0 Å². The molecule has 5 rings (SSSR count). The number of halogens is 1. The van der Waals surface area contributed by atoms with Crippen molar-refractivity contribution in [2.24, 2.45) is 0 Å². The van der Waals surface area contributed by atoms with Crippen LogP contribution in [-0.4, -0.2) is 74.3 Å². The lowest BCUT2D eigenvalue weighted by Crippen LogP contribution is -2.49. The van der Waals surface area contributed by atoms with Gasteiger partial charge < -0.3 is 14.7 Å². The molecule has 0 radical (unpaired) electrons. The summed E-state index contributed by atoms with van der Waals surface area (Å²) >= 11 is 5.93. The van der Waals surface area contributed by atoms with Crippen molar-refractivity contribution in [3.05, 3.63) is 94.1 Å². The normalized spacial score (nSPS) is 16.4. The van der Waals surface area contributed by atoms with Gasteiger partial charge in [-0.1, -0.05) is 23.7 Å². The SMILES string of the molecule is O=C(c1cc(S(=O)(=O)C=Cc2ccc(Cl)cc2)ccc1C(=O)N1CCN(c2ccncc2)CC1)N1CCCCC1. The number of likely N-dealkylation sites (tertiary alicyclic amines) is 1. The molecule has 8 nitrogen and oxygen atoms in total. The minimum absolute atomic E-state index is 0.0304. The van der Waals surface area contributed by atoms with E-state index in [-0.39, 0.29) is 27.8 Å². The molecule has 0 unspecified atom stereocenters. The molecule has 0 N–H and O–H groups in total. The van der Waals surface area contributed by atoms with Crippen molar-refractivity contribution in [1.29, 1.82) is 0 Å². The van der Waals surface area contributed by atoms with Crippen LogP contribution in [0.25, 0.3) is 6.08 Å². The topological polar surface area (TPSA) is 90.9 Å². The molecular formula is C30H31ClN4O4S. The Morgan fingerprint density at radius 2 is 1.38 bits per heavy atom. The predicted molar refractivity (Wildman–Crippen MR) is 156 cm³/mol. The number of rotatable bonds is 6. The van der Waals surface area contributed by atoms with E-state index in [4.69, 9.17) is 11.6 Å². The fourth-order valence-electron chi connectivity index (χ4n) is 5.04. The Bertz CT molecular complexity index is 1500. The lowest BCUT2D eigenvalue weighted by molar-refractivity contribution is 0.0694. The third-order valence-electron chi connectivity index (χ3n) is 7.33. The molecule has 2 aliphatic heterocycles. The molecule has 40 heavy (non-hydrogen) atoms. The smallest absolute Gasteiger partial charge is 0.254 e. The lowest BCUT2D eigenvalue weighted by Gasteiger charge is -2.36. The summed E-state index contributed by atoms with van der Waals surface area (Å²) < 4.78 is 26.5. The number of nitrogens with zero attached hydrogens (tertiary/aromatic N) is 4. The highest BCUT2D eigenvalue weighted by Crippen LogP contribution is 2.25. The van der Waals surface area contributed by atoms with Crippen molar-refractivity contribution < 1.29 is 18.0 Å². The van der Waals surface area contributed by atoms with Crippen molar-refractivity contribution in [2.75, 3.05) is 44.2 Å². The largest absolute Gasteiger partial charge is 0.368 e. The Balaban J connectivity index is 1.41. The zero-order chi connectivity index (χ0) is 28.1. The molecule has 2 aromatic carbocycles. The number of piperidine rings is 1. The van der Waals surface area contributed by atoms with Gasteiger partial charge in [0.05, 0.1) is 16.0 Å². The summed E-state index contributed by atoms with van der Waals surface area (Å²) in [4.78, 5) is 37.0. The van der Waals surface area contributed by atoms with Gasteiger partial charge in [0.25, 0.3) is 11.8 Å². The molecule has 2 saturated heterocycles. The Hall–Kier alpha value is -3.69. The average molecular weight is 579 g/mol.